The number of fused-ring (bicyclic) bond motifs is 2. The summed E-state index contributed by atoms with van der Waals surface area (Å²) in [6, 6.07) is 3.84. The lowest BCUT2D eigenvalue weighted by molar-refractivity contribution is 0.174. The number of nitrogen functional groups attached to an aromatic ring is 1. The van der Waals surface area contributed by atoms with Gasteiger partial charge in [0, 0.05) is 18.0 Å². The molecule has 0 radical (unpaired) electrons. The first kappa shape index (κ1) is 20.7. The SMILES string of the molecule is CCNS(=O)(=O)CCCn1c(Sc2cc3c(cc2C)OCO3)nc2c(N)ncnc21. The van der Waals surface area contributed by atoms with Crippen molar-refractivity contribution in [2.45, 2.75) is 36.9 Å². The van der Waals surface area contributed by atoms with E-state index in [2.05, 4.69) is 19.7 Å². The predicted octanol–water partition coefficient (Wildman–Crippen LogP) is 1.93. The molecule has 0 saturated heterocycles. The number of rotatable bonds is 8. The van der Waals surface area contributed by atoms with Gasteiger partial charge in [0.05, 0.1) is 5.75 Å². The van der Waals surface area contributed by atoms with Crippen LogP contribution in [0.15, 0.2) is 28.5 Å². The molecule has 0 spiro atoms. The third kappa shape index (κ3) is 4.16. The monoisotopic (exact) mass is 450 g/mol. The summed E-state index contributed by atoms with van der Waals surface area (Å²) in [7, 11) is -3.31. The summed E-state index contributed by atoms with van der Waals surface area (Å²) >= 11 is 1.44. The van der Waals surface area contributed by atoms with Gasteiger partial charge in [-0.2, -0.15) is 0 Å². The molecule has 1 aliphatic rings. The van der Waals surface area contributed by atoms with Crippen LogP contribution < -0.4 is 19.9 Å². The Morgan fingerprint density at radius 3 is 2.80 bits per heavy atom. The molecule has 1 aliphatic heterocycles. The average Bonchev–Trinajstić information content (AvgIpc) is 3.27. The van der Waals surface area contributed by atoms with E-state index in [1.54, 1.807) is 6.92 Å². The lowest BCUT2D eigenvalue weighted by Crippen LogP contribution is -2.26. The van der Waals surface area contributed by atoms with E-state index in [1.807, 2.05) is 23.6 Å². The number of aromatic nitrogens is 4. The van der Waals surface area contributed by atoms with Crippen molar-refractivity contribution in [2.24, 2.45) is 0 Å². The molecular weight excluding hydrogens is 428 g/mol. The standard InChI is InChI=1S/C18H22N6O4S2/c1-3-22-30(25,26)6-4-5-24-17-15(16(19)20-9-21-17)23-18(24)29-14-8-13-12(7-11(14)2)27-10-28-13/h7-9,22H,3-6,10H2,1-2H3,(H2,19,20,21). The summed E-state index contributed by atoms with van der Waals surface area (Å²) in [5, 5.41) is 0.653. The van der Waals surface area contributed by atoms with E-state index in [0.717, 1.165) is 10.5 Å². The maximum atomic E-state index is 12.0. The van der Waals surface area contributed by atoms with Crippen molar-refractivity contribution >= 4 is 38.8 Å². The topological polar surface area (TPSA) is 134 Å². The van der Waals surface area contributed by atoms with Gasteiger partial charge in [-0.3, -0.25) is 0 Å². The van der Waals surface area contributed by atoms with E-state index in [4.69, 9.17) is 15.2 Å². The Labute approximate surface area is 178 Å². The number of nitrogens with two attached hydrogens (primary N) is 1. The number of nitrogens with zero attached hydrogens (tertiary/aromatic N) is 4. The second-order valence-electron chi connectivity index (χ2n) is 6.72. The molecule has 3 heterocycles. The molecule has 0 unspecified atom stereocenters. The number of nitrogens with one attached hydrogen (secondary N) is 1. The zero-order chi connectivity index (χ0) is 21.3. The summed E-state index contributed by atoms with van der Waals surface area (Å²) in [5.41, 5.74) is 8.07. The van der Waals surface area contributed by atoms with Crippen molar-refractivity contribution < 1.29 is 17.9 Å². The molecule has 0 atom stereocenters. The van der Waals surface area contributed by atoms with E-state index >= 15 is 0 Å². The molecule has 30 heavy (non-hydrogen) atoms. The minimum absolute atomic E-state index is 0.00817. The second kappa shape index (κ2) is 8.28. The number of anilines is 1. The summed E-state index contributed by atoms with van der Waals surface area (Å²) < 4.78 is 39.3. The molecule has 10 nitrogen and oxygen atoms in total. The average molecular weight is 451 g/mol. The Hall–Kier alpha value is -2.57. The highest BCUT2D eigenvalue weighted by Crippen LogP contribution is 2.40. The van der Waals surface area contributed by atoms with Gasteiger partial charge in [-0.15, -0.1) is 0 Å². The van der Waals surface area contributed by atoms with E-state index in [9.17, 15) is 8.42 Å². The maximum absolute atomic E-state index is 12.0. The molecule has 0 saturated carbocycles. The van der Waals surface area contributed by atoms with Crippen LogP contribution in [-0.4, -0.2) is 47.0 Å². The number of imidazole rings is 1. The predicted molar refractivity (Wildman–Crippen MR) is 113 cm³/mol. The van der Waals surface area contributed by atoms with Crippen molar-refractivity contribution in [3.63, 3.8) is 0 Å². The summed E-state index contributed by atoms with van der Waals surface area (Å²) in [4.78, 5) is 13.9. The largest absolute Gasteiger partial charge is 0.454 e. The number of hydrogen-bond donors (Lipinski definition) is 2. The van der Waals surface area contributed by atoms with Gasteiger partial charge in [0.2, 0.25) is 16.8 Å². The van der Waals surface area contributed by atoms with Crippen molar-refractivity contribution in [2.75, 3.05) is 24.8 Å². The Morgan fingerprint density at radius 1 is 1.27 bits per heavy atom. The van der Waals surface area contributed by atoms with Crippen LogP contribution in [0.2, 0.25) is 0 Å². The van der Waals surface area contributed by atoms with Crippen LogP contribution in [0.4, 0.5) is 5.82 Å². The summed E-state index contributed by atoms with van der Waals surface area (Å²) in [6.45, 7) is 4.72. The molecule has 0 amide bonds. The lowest BCUT2D eigenvalue weighted by Gasteiger charge is -2.10. The van der Waals surface area contributed by atoms with Crippen LogP contribution in [-0.2, 0) is 16.6 Å². The molecular formula is C18H22N6O4S2. The first-order valence-corrected chi connectivity index (χ1v) is 11.9. The van der Waals surface area contributed by atoms with Crippen LogP contribution in [0.5, 0.6) is 11.5 Å². The fraction of sp³-hybridized carbons (Fsp3) is 0.389. The van der Waals surface area contributed by atoms with E-state index in [0.29, 0.717) is 47.3 Å². The van der Waals surface area contributed by atoms with Crippen LogP contribution in [0.3, 0.4) is 0 Å². The Balaban J connectivity index is 1.66. The minimum atomic E-state index is -3.31. The number of hydrogen-bond acceptors (Lipinski definition) is 9. The van der Waals surface area contributed by atoms with E-state index in [-0.39, 0.29) is 18.4 Å². The smallest absolute Gasteiger partial charge is 0.231 e. The van der Waals surface area contributed by atoms with Gasteiger partial charge in [-0.25, -0.2) is 28.1 Å². The number of benzene rings is 1. The molecule has 3 aromatic rings. The Morgan fingerprint density at radius 2 is 2.03 bits per heavy atom. The highest BCUT2D eigenvalue weighted by molar-refractivity contribution is 7.99. The van der Waals surface area contributed by atoms with Gasteiger partial charge in [-0.1, -0.05) is 18.7 Å². The van der Waals surface area contributed by atoms with Crippen molar-refractivity contribution in [3.8, 4) is 11.5 Å². The van der Waals surface area contributed by atoms with E-state index in [1.165, 1.54) is 18.1 Å². The molecule has 2 aromatic heterocycles. The molecule has 12 heteroatoms. The Bertz CT molecular complexity index is 1200. The molecule has 0 fully saturated rings. The van der Waals surface area contributed by atoms with Crippen molar-refractivity contribution in [1.29, 1.82) is 0 Å². The van der Waals surface area contributed by atoms with Crippen LogP contribution >= 0.6 is 11.8 Å². The van der Waals surface area contributed by atoms with Gasteiger partial charge in [0.25, 0.3) is 0 Å². The number of aryl methyl sites for hydroxylation is 2. The maximum Gasteiger partial charge on any atom is 0.231 e. The van der Waals surface area contributed by atoms with Gasteiger partial charge >= 0.3 is 0 Å². The fourth-order valence-electron chi connectivity index (χ4n) is 3.15. The van der Waals surface area contributed by atoms with Gasteiger partial charge in [0.15, 0.2) is 33.6 Å². The third-order valence-corrected chi connectivity index (χ3v) is 7.26. The highest BCUT2D eigenvalue weighted by Gasteiger charge is 2.20. The van der Waals surface area contributed by atoms with E-state index < -0.39 is 10.0 Å². The first-order chi connectivity index (χ1) is 14.4. The molecule has 0 aliphatic carbocycles. The summed E-state index contributed by atoms with van der Waals surface area (Å²) in [5.74, 6) is 1.69. The fourth-order valence-corrected chi connectivity index (χ4v) is 5.25. The van der Waals surface area contributed by atoms with Crippen molar-refractivity contribution in [1.82, 2.24) is 24.2 Å². The zero-order valence-corrected chi connectivity index (χ0v) is 18.2. The number of sulfonamides is 1. The minimum Gasteiger partial charge on any atom is -0.454 e. The Kier molecular flexibility index (Phi) is 5.71. The number of ether oxygens (including phenoxy) is 2. The molecule has 1 aromatic carbocycles. The van der Waals surface area contributed by atoms with Crippen LogP contribution in [0.25, 0.3) is 11.2 Å². The highest BCUT2D eigenvalue weighted by atomic mass is 32.2. The van der Waals surface area contributed by atoms with Gasteiger partial charge < -0.3 is 19.8 Å². The second-order valence-corrected chi connectivity index (χ2v) is 9.66. The van der Waals surface area contributed by atoms with Gasteiger partial charge in [-0.05, 0) is 31.0 Å². The third-order valence-electron chi connectivity index (χ3n) is 4.56. The normalized spacial score (nSPS) is 13.3. The summed E-state index contributed by atoms with van der Waals surface area (Å²) in [6.07, 6.45) is 1.78. The zero-order valence-electron chi connectivity index (χ0n) is 16.6. The first-order valence-electron chi connectivity index (χ1n) is 9.40. The molecule has 4 rings (SSSR count). The molecule has 0 bridgehead atoms. The van der Waals surface area contributed by atoms with Crippen LogP contribution in [0, 0.1) is 6.92 Å². The van der Waals surface area contributed by atoms with Crippen molar-refractivity contribution in [3.05, 3.63) is 24.0 Å². The quantitative estimate of drug-likeness (QED) is 0.528. The molecule has 160 valence electrons. The van der Waals surface area contributed by atoms with Crippen LogP contribution in [0.1, 0.15) is 18.9 Å². The van der Waals surface area contributed by atoms with Gasteiger partial charge in [0.1, 0.15) is 6.33 Å². The lowest BCUT2D eigenvalue weighted by atomic mass is 10.2. The molecule has 3 N–H and O–H groups in total.